The highest BCUT2D eigenvalue weighted by atomic mass is 16.5. The Labute approximate surface area is 118 Å². The van der Waals surface area contributed by atoms with Crippen molar-refractivity contribution < 1.29 is 4.74 Å². The number of benzene rings is 1. The highest BCUT2D eigenvalue weighted by molar-refractivity contribution is 5.45. The summed E-state index contributed by atoms with van der Waals surface area (Å²) in [6, 6.07) is 4.52. The third kappa shape index (κ3) is 4.26. The van der Waals surface area contributed by atoms with E-state index in [2.05, 4.69) is 32.9 Å². The Kier molecular flexibility index (Phi) is 5.30. The molecule has 0 heterocycles. The largest absolute Gasteiger partial charge is 0.493 e. The maximum atomic E-state index is 6.06. The van der Waals surface area contributed by atoms with E-state index < -0.39 is 0 Å². The molecule has 0 unspecified atom stereocenters. The van der Waals surface area contributed by atoms with E-state index >= 15 is 0 Å². The van der Waals surface area contributed by atoms with Crippen LogP contribution in [0.5, 0.6) is 5.75 Å². The Hall–Kier alpha value is -0.980. The molecule has 1 aliphatic carbocycles. The quantitative estimate of drug-likeness (QED) is 0.583. The molecule has 0 amide bonds. The predicted octanol–water partition coefficient (Wildman–Crippen LogP) is 5.22. The summed E-state index contributed by atoms with van der Waals surface area (Å²) in [6.45, 7) is 7.57. The Morgan fingerprint density at radius 3 is 2.58 bits per heavy atom. The number of unbranched alkanes of at least 4 members (excludes halogenated alkanes) is 3. The summed E-state index contributed by atoms with van der Waals surface area (Å²) < 4.78 is 6.06. The van der Waals surface area contributed by atoms with Crippen molar-refractivity contribution in [2.45, 2.75) is 65.7 Å². The van der Waals surface area contributed by atoms with Gasteiger partial charge in [0.15, 0.2) is 0 Å². The molecule has 0 radical (unpaired) electrons. The first-order valence-corrected chi connectivity index (χ1v) is 7.94. The van der Waals surface area contributed by atoms with Gasteiger partial charge in [-0.25, -0.2) is 0 Å². The summed E-state index contributed by atoms with van der Waals surface area (Å²) in [5.41, 5.74) is 4.14. The van der Waals surface area contributed by atoms with Crippen LogP contribution in [0.15, 0.2) is 12.1 Å². The molecule has 0 atom stereocenters. The van der Waals surface area contributed by atoms with E-state index in [-0.39, 0.29) is 0 Å². The van der Waals surface area contributed by atoms with E-state index in [1.807, 2.05) is 0 Å². The standard InChI is InChI=1S/C18H28O/c1-4-5-6-7-8-17-12-9-14(2)18(15(17)3)19-13-16-10-11-16/h9,12,16H,4-8,10-11,13H2,1-3H3. The Balaban J connectivity index is 1.96. The predicted molar refractivity (Wildman–Crippen MR) is 82.0 cm³/mol. The van der Waals surface area contributed by atoms with Gasteiger partial charge < -0.3 is 4.74 Å². The lowest BCUT2D eigenvalue weighted by Crippen LogP contribution is -2.04. The summed E-state index contributed by atoms with van der Waals surface area (Å²) in [4.78, 5) is 0. The minimum Gasteiger partial charge on any atom is -0.493 e. The number of hydrogen-bond acceptors (Lipinski definition) is 1. The van der Waals surface area contributed by atoms with Gasteiger partial charge in [0.05, 0.1) is 6.61 Å². The van der Waals surface area contributed by atoms with Gasteiger partial charge >= 0.3 is 0 Å². The lowest BCUT2D eigenvalue weighted by molar-refractivity contribution is 0.295. The first-order chi connectivity index (χ1) is 9.22. The molecule has 0 bridgehead atoms. The molecule has 106 valence electrons. The van der Waals surface area contributed by atoms with Crippen LogP contribution in [0.1, 0.15) is 62.1 Å². The highest BCUT2D eigenvalue weighted by Gasteiger charge is 2.22. The summed E-state index contributed by atoms with van der Waals surface area (Å²) in [7, 11) is 0. The van der Waals surface area contributed by atoms with E-state index in [9.17, 15) is 0 Å². The minimum atomic E-state index is 0.826. The normalized spacial score (nSPS) is 14.7. The lowest BCUT2D eigenvalue weighted by atomic mass is 9.99. The Morgan fingerprint density at radius 1 is 1.11 bits per heavy atom. The maximum Gasteiger partial charge on any atom is 0.125 e. The Morgan fingerprint density at radius 2 is 1.89 bits per heavy atom. The topological polar surface area (TPSA) is 9.23 Å². The van der Waals surface area contributed by atoms with Crippen LogP contribution >= 0.6 is 0 Å². The van der Waals surface area contributed by atoms with Gasteiger partial charge in [-0.1, -0.05) is 38.3 Å². The second-order valence-corrected chi connectivity index (χ2v) is 6.06. The smallest absolute Gasteiger partial charge is 0.125 e. The molecule has 2 rings (SSSR count). The van der Waals surface area contributed by atoms with Gasteiger partial charge in [0.2, 0.25) is 0 Å². The molecule has 0 saturated heterocycles. The highest BCUT2D eigenvalue weighted by Crippen LogP contribution is 2.32. The minimum absolute atomic E-state index is 0.826. The molecule has 1 heteroatoms. The molecular formula is C18H28O. The van der Waals surface area contributed by atoms with Crippen molar-refractivity contribution in [2.75, 3.05) is 6.61 Å². The first-order valence-electron chi connectivity index (χ1n) is 7.94. The van der Waals surface area contributed by atoms with Crippen LogP contribution in [0.2, 0.25) is 0 Å². The second-order valence-electron chi connectivity index (χ2n) is 6.06. The third-order valence-corrected chi connectivity index (χ3v) is 4.17. The van der Waals surface area contributed by atoms with Crippen molar-refractivity contribution in [3.05, 3.63) is 28.8 Å². The summed E-state index contributed by atoms with van der Waals surface area (Å²) in [5.74, 6) is 1.98. The SMILES string of the molecule is CCCCCCc1ccc(C)c(OCC2CC2)c1C. The van der Waals surface area contributed by atoms with Gasteiger partial charge in [0.1, 0.15) is 5.75 Å². The zero-order valence-electron chi connectivity index (χ0n) is 12.8. The van der Waals surface area contributed by atoms with Crippen molar-refractivity contribution in [2.24, 2.45) is 5.92 Å². The van der Waals surface area contributed by atoms with Gasteiger partial charge in [0, 0.05) is 0 Å². The molecule has 1 nitrogen and oxygen atoms in total. The van der Waals surface area contributed by atoms with Crippen molar-refractivity contribution in [1.82, 2.24) is 0 Å². The van der Waals surface area contributed by atoms with Crippen LogP contribution in [-0.2, 0) is 6.42 Å². The van der Waals surface area contributed by atoms with Gasteiger partial charge in [-0.3, -0.25) is 0 Å². The van der Waals surface area contributed by atoms with Crippen molar-refractivity contribution in [3.63, 3.8) is 0 Å². The number of rotatable bonds is 8. The fourth-order valence-corrected chi connectivity index (χ4v) is 2.59. The average Bonchev–Trinajstić information content (AvgIpc) is 3.21. The second kappa shape index (κ2) is 6.98. The number of ether oxygens (including phenoxy) is 1. The van der Waals surface area contributed by atoms with Crippen LogP contribution in [0.25, 0.3) is 0 Å². The zero-order chi connectivity index (χ0) is 13.7. The number of aryl methyl sites for hydroxylation is 2. The van der Waals surface area contributed by atoms with E-state index in [4.69, 9.17) is 4.74 Å². The van der Waals surface area contributed by atoms with E-state index in [1.165, 1.54) is 61.6 Å². The van der Waals surface area contributed by atoms with Gasteiger partial charge in [-0.2, -0.15) is 0 Å². The molecule has 1 aromatic rings. The molecule has 1 fully saturated rings. The van der Waals surface area contributed by atoms with Crippen LogP contribution in [0.3, 0.4) is 0 Å². The third-order valence-electron chi connectivity index (χ3n) is 4.17. The maximum absolute atomic E-state index is 6.06. The van der Waals surface area contributed by atoms with Crippen LogP contribution < -0.4 is 4.74 Å². The summed E-state index contributed by atoms with van der Waals surface area (Å²) in [6.07, 6.45) is 9.23. The molecule has 1 aliphatic rings. The molecule has 0 aliphatic heterocycles. The monoisotopic (exact) mass is 260 g/mol. The van der Waals surface area contributed by atoms with E-state index in [0.29, 0.717) is 0 Å². The summed E-state index contributed by atoms with van der Waals surface area (Å²) >= 11 is 0. The van der Waals surface area contributed by atoms with Gasteiger partial charge in [-0.05, 0) is 62.1 Å². The molecular weight excluding hydrogens is 232 g/mol. The molecule has 0 aromatic heterocycles. The van der Waals surface area contributed by atoms with Gasteiger partial charge in [0.25, 0.3) is 0 Å². The fraction of sp³-hybridized carbons (Fsp3) is 0.667. The zero-order valence-corrected chi connectivity index (χ0v) is 12.8. The summed E-state index contributed by atoms with van der Waals surface area (Å²) in [5, 5.41) is 0. The molecule has 0 spiro atoms. The van der Waals surface area contributed by atoms with E-state index in [1.54, 1.807) is 0 Å². The molecule has 1 aromatic carbocycles. The molecule has 1 saturated carbocycles. The lowest BCUT2D eigenvalue weighted by Gasteiger charge is -2.15. The van der Waals surface area contributed by atoms with E-state index in [0.717, 1.165) is 18.3 Å². The fourth-order valence-electron chi connectivity index (χ4n) is 2.59. The van der Waals surface area contributed by atoms with Crippen molar-refractivity contribution in [1.29, 1.82) is 0 Å². The molecule has 0 N–H and O–H groups in total. The number of hydrogen-bond donors (Lipinski definition) is 0. The Bertz CT molecular complexity index is 404. The van der Waals surface area contributed by atoms with Gasteiger partial charge in [-0.15, -0.1) is 0 Å². The van der Waals surface area contributed by atoms with Crippen molar-refractivity contribution >= 4 is 0 Å². The average molecular weight is 260 g/mol. The molecule has 19 heavy (non-hydrogen) atoms. The van der Waals surface area contributed by atoms with Crippen LogP contribution in [0.4, 0.5) is 0 Å². The van der Waals surface area contributed by atoms with Crippen LogP contribution in [-0.4, -0.2) is 6.61 Å². The first kappa shape index (κ1) is 14.4. The van der Waals surface area contributed by atoms with Crippen molar-refractivity contribution in [3.8, 4) is 5.75 Å². The van der Waals surface area contributed by atoms with Crippen LogP contribution in [0, 0.1) is 19.8 Å².